The van der Waals surface area contributed by atoms with Crippen molar-refractivity contribution in [2.45, 2.75) is 18.8 Å². The minimum absolute atomic E-state index is 0.344. The molecule has 1 atom stereocenters. The fraction of sp³-hybridized carbons (Fsp3) is 0.333. The van der Waals surface area contributed by atoms with Crippen molar-refractivity contribution in [2.75, 3.05) is 20.8 Å². The Labute approximate surface area is 134 Å². The first kappa shape index (κ1) is 16.8. The minimum Gasteiger partial charge on any atom is -0.497 e. The number of ether oxygens (including phenoxy) is 2. The number of rotatable bonds is 8. The largest absolute Gasteiger partial charge is 0.497 e. The van der Waals surface area contributed by atoms with Crippen LogP contribution in [0, 0.1) is 0 Å². The number of benzene rings is 2. The molecule has 1 unspecified atom stereocenters. The smallest absolute Gasteiger partial charge is 0.118 e. The summed E-state index contributed by atoms with van der Waals surface area (Å²) in [5, 5.41) is 0. The van der Waals surface area contributed by atoms with E-state index in [2.05, 4.69) is 33.7 Å². The zero-order valence-electron chi connectivity index (χ0n) is 13.1. The highest BCUT2D eigenvalue weighted by Gasteiger charge is 2.14. The molecule has 0 bridgehead atoms. The summed E-state index contributed by atoms with van der Waals surface area (Å²) >= 11 is 0. The molecule has 0 saturated heterocycles. The van der Waals surface area contributed by atoms with E-state index >= 15 is 0 Å². The van der Waals surface area contributed by atoms with Crippen molar-refractivity contribution in [2.24, 2.45) is 0 Å². The lowest BCUT2D eigenvalue weighted by molar-refractivity contribution is 0.352. The molecule has 2 aromatic carbocycles. The Bertz CT molecular complexity index is 504. The summed E-state index contributed by atoms with van der Waals surface area (Å²) < 4.78 is 15.6. The highest BCUT2D eigenvalue weighted by atomic mass is 31.0. The standard InChI is InChI=1S/C18H23O3P/c1-19-16-9-5-14(6-10-16)18(4-3-13-21-22)15-7-11-17(20-2)12-8-15/h5-12,18H,3-4,13,22H2,1-2H3. The lowest BCUT2D eigenvalue weighted by Gasteiger charge is -2.18. The summed E-state index contributed by atoms with van der Waals surface area (Å²) in [4.78, 5) is 0. The van der Waals surface area contributed by atoms with Gasteiger partial charge in [0.1, 0.15) is 11.5 Å². The quantitative estimate of drug-likeness (QED) is 0.532. The molecule has 0 N–H and O–H groups in total. The maximum absolute atomic E-state index is 5.24. The van der Waals surface area contributed by atoms with E-state index in [1.807, 2.05) is 24.3 Å². The van der Waals surface area contributed by atoms with E-state index < -0.39 is 0 Å². The molecule has 0 spiro atoms. The Balaban J connectivity index is 2.23. The number of hydrogen-bond acceptors (Lipinski definition) is 3. The fourth-order valence-corrected chi connectivity index (χ4v) is 2.74. The van der Waals surface area contributed by atoms with Crippen LogP contribution in [0.1, 0.15) is 29.9 Å². The molecule has 2 aromatic rings. The SMILES string of the molecule is COc1ccc(C(CCCOP)c2ccc(OC)cc2)cc1. The molecule has 0 aromatic heterocycles. The third-order valence-corrected chi connectivity index (χ3v) is 4.03. The van der Waals surface area contributed by atoms with Crippen molar-refractivity contribution in [1.29, 1.82) is 0 Å². The van der Waals surface area contributed by atoms with Gasteiger partial charge in [0.2, 0.25) is 0 Å². The number of hydrogen-bond donors (Lipinski definition) is 0. The highest BCUT2D eigenvalue weighted by molar-refractivity contribution is 7.09. The van der Waals surface area contributed by atoms with Crippen LogP contribution in [0.15, 0.2) is 48.5 Å². The van der Waals surface area contributed by atoms with E-state index in [-0.39, 0.29) is 0 Å². The summed E-state index contributed by atoms with van der Waals surface area (Å²) in [5.41, 5.74) is 2.57. The van der Waals surface area contributed by atoms with E-state index in [0.29, 0.717) is 5.92 Å². The van der Waals surface area contributed by atoms with Crippen molar-refractivity contribution >= 4 is 9.47 Å². The second kappa shape index (κ2) is 8.77. The Kier molecular flexibility index (Phi) is 6.70. The van der Waals surface area contributed by atoms with Crippen LogP contribution in [0.25, 0.3) is 0 Å². The molecule has 0 aliphatic carbocycles. The van der Waals surface area contributed by atoms with Gasteiger partial charge in [-0.15, -0.1) is 0 Å². The van der Waals surface area contributed by atoms with E-state index in [1.165, 1.54) is 11.1 Å². The molecule has 3 nitrogen and oxygen atoms in total. The first-order valence-corrected chi connectivity index (χ1v) is 7.85. The zero-order valence-corrected chi connectivity index (χ0v) is 14.3. The summed E-state index contributed by atoms with van der Waals surface area (Å²) in [6.07, 6.45) is 2.04. The van der Waals surface area contributed by atoms with Gasteiger partial charge in [-0.2, -0.15) is 0 Å². The Morgan fingerprint density at radius 1 is 0.818 bits per heavy atom. The van der Waals surface area contributed by atoms with Crippen molar-refractivity contribution in [3.63, 3.8) is 0 Å². The van der Waals surface area contributed by atoms with E-state index in [1.54, 1.807) is 14.2 Å². The lowest BCUT2D eigenvalue weighted by Crippen LogP contribution is -2.03. The van der Waals surface area contributed by atoms with Crippen LogP contribution in [0.5, 0.6) is 11.5 Å². The molecule has 118 valence electrons. The molecular weight excluding hydrogens is 295 g/mol. The van der Waals surface area contributed by atoms with Gasteiger partial charge in [-0.3, -0.25) is 0 Å². The molecule has 0 aliphatic rings. The average molecular weight is 318 g/mol. The molecule has 0 fully saturated rings. The van der Waals surface area contributed by atoms with Crippen LogP contribution in [-0.2, 0) is 4.52 Å². The number of methoxy groups -OCH3 is 2. The molecule has 2 rings (SSSR count). The topological polar surface area (TPSA) is 27.7 Å². The second-order valence-corrected chi connectivity index (χ2v) is 5.45. The third kappa shape index (κ3) is 4.46. The van der Waals surface area contributed by atoms with Gasteiger partial charge >= 0.3 is 0 Å². The molecule has 4 heteroatoms. The average Bonchev–Trinajstić information content (AvgIpc) is 2.59. The van der Waals surface area contributed by atoms with E-state index in [4.69, 9.17) is 14.0 Å². The maximum atomic E-state index is 5.24. The first-order valence-electron chi connectivity index (χ1n) is 7.38. The van der Waals surface area contributed by atoms with Crippen LogP contribution in [0.3, 0.4) is 0 Å². The van der Waals surface area contributed by atoms with Gasteiger partial charge in [0.05, 0.1) is 20.8 Å². The predicted octanol–water partition coefficient (Wildman–Crippen LogP) is 4.42. The van der Waals surface area contributed by atoms with Crippen molar-refractivity contribution in [3.8, 4) is 11.5 Å². The Morgan fingerprint density at radius 2 is 1.27 bits per heavy atom. The van der Waals surface area contributed by atoms with Crippen LogP contribution < -0.4 is 9.47 Å². The Morgan fingerprint density at radius 3 is 1.64 bits per heavy atom. The van der Waals surface area contributed by atoms with Crippen molar-refractivity contribution in [3.05, 3.63) is 59.7 Å². The monoisotopic (exact) mass is 318 g/mol. The van der Waals surface area contributed by atoms with Crippen molar-refractivity contribution in [1.82, 2.24) is 0 Å². The maximum Gasteiger partial charge on any atom is 0.118 e. The molecular formula is C18H23O3P. The summed E-state index contributed by atoms with van der Waals surface area (Å²) in [7, 11) is 5.68. The predicted molar refractivity (Wildman–Crippen MR) is 92.7 cm³/mol. The fourth-order valence-electron chi connectivity index (χ4n) is 2.57. The van der Waals surface area contributed by atoms with Crippen LogP contribution >= 0.6 is 9.47 Å². The molecule has 0 radical (unpaired) electrons. The van der Waals surface area contributed by atoms with Crippen molar-refractivity contribution < 1.29 is 14.0 Å². The molecule has 0 aliphatic heterocycles. The van der Waals surface area contributed by atoms with Gasteiger partial charge in [-0.25, -0.2) is 0 Å². The molecule has 0 heterocycles. The summed E-state index contributed by atoms with van der Waals surface area (Å²) in [6.45, 7) is 0.744. The summed E-state index contributed by atoms with van der Waals surface area (Å²) in [6, 6.07) is 16.6. The van der Waals surface area contributed by atoms with Crippen LogP contribution in [0.2, 0.25) is 0 Å². The normalized spacial score (nSPS) is 10.7. The van der Waals surface area contributed by atoms with Gasteiger partial charge in [0.25, 0.3) is 0 Å². The third-order valence-electron chi connectivity index (χ3n) is 3.79. The van der Waals surface area contributed by atoms with Crippen LogP contribution in [0.4, 0.5) is 0 Å². The molecule has 0 saturated carbocycles. The lowest BCUT2D eigenvalue weighted by atomic mass is 9.87. The van der Waals surface area contributed by atoms with Gasteiger partial charge in [0, 0.05) is 15.4 Å². The van der Waals surface area contributed by atoms with Crippen LogP contribution in [-0.4, -0.2) is 20.8 Å². The molecule has 22 heavy (non-hydrogen) atoms. The van der Waals surface area contributed by atoms with E-state index in [0.717, 1.165) is 30.9 Å². The molecule has 0 amide bonds. The Hall–Kier alpha value is -1.57. The minimum atomic E-state index is 0.344. The van der Waals surface area contributed by atoms with Gasteiger partial charge in [-0.1, -0.05) is 24.3 Å². The highest BCUT2D eigenvalue weighted by Crippen LogP contribution is 2.31. The van der Waals surface area contributed by atoms with Gasteiger partial charge in [-0.05, 0) is 48.2 Å². The first-order chi connectivity index (χ1) is 10.8. The van der Waals surface area contributed by atoms with E-state index in [9.17, 15) is 0 Å². The zero-order chi connectivity index (χ0) is 15.8. The van der Waals surface area contributed by atoms with Gasteiger partial charge in [0.15, 0.2) is 0 Å². The summed E-state index contributed by atoms with van der Waals surface area (Å²) in [5.74, 6) is 2.10. The second-order valence-electron chi connectivity index (χ2n) is 5.11. The van der Waals surface area contributed by atoms with Gasteiger partial charge < -0.3 is 14.0 Å².